The lowest BCUT2D eigenvalue weighted by molar-refractivity contribution is -0.138. The largest absolute Gasteiger partial charge is 0.480 e. The molecular weight excluding hydrogens is 366 g/mol. The summed E-state index contributed by atoms with van der Waals surface area (Å²) in [6.07, 6.45) is 1.46. The SMILES string of the molecule is CCOC(=O)C(C(N)=N/N=C/c1cccc(Br)c1)=C(O)OCC. The van der Waals surface area contributed by atoms with Crippen LogP contribution in [0.5, 0.6) is 0 Å². The molecule has 1 rings (SSSR count). The first kappa shape index (κ1) is 18.7. The summed E-state index contributed by atoms with van der Waals surface area (Å²) < 4.78 is 10.6. The van der Waals surface area contributed by atoms with Crippen molar-refractivity contribution in [2.24, 2.45) is 15.9 Å². The number of aliphatic hydroxyl groups is 1. The number of amidine groups is 1. The quantitative estimate of drug-likeness (QED) is 0.188. The van der Waals surface area contributed by atoms with E-state index < -0.39 is 11.9 Å². The van der Waals surface area contributed by atoms with Crippen LogP contribution in [0.4, 0.5) is 0 Å². The van der Waals surface area contributed by atoms with E-state index in [2.05, 4.69) is 26.1 Å². The van der Waals surface area contributed by atoms with Gasteiger partial charge in [-0.15, -0.1) is 5.10 Å². The van der Waals surface area contributed by atoms with Crippen LogP contribution in [-0.4, -0.2) is 36.3 Å². The molecule has 23 heavy (non-hydrogen) atoms. The summed E-state index contributed by atoms with van der Waals surface area (Å²) in [7, 11) is 0. The van der Waals surface area contributed by atoms with Crippen LogP contribution in [0.15, 0.2) is 50.5 Å². The van der Waals surface area contributed by atoms with Gasteiger partial charge in [0.1, 0.15) is 0 Å². The molecule has 0 aliphatic carbocycles. The minimum atomic E-state index is -0.836. The molecule has 0 spiro atoms. The third-order valence-electron chi connectivity index (χ3n) is 2.45. The first-order chi connectivity index (χ1) is 11.0. The lowest BCUT2D eigenvalue weighted by atomic mass is 10.2. The van der Waals surface area contributed by atoms with Gasteiger partial charge in [0.05, 0.1) is 19.4 Å². The maximum atomic E-state index is 11.8. The number of esters is 1. The van der Waals surface area contributed by atoms with E-state index in [4.69, 9.17) is 15.2 Å². The standard InChI is InChI=1S/C15H18BrN3O4/c1-3-22-14(20)12(15(21)23-4-2)13(17)19-18-9-10-6-5-7-11(16)8-10/h5-9,20H,3-4H2,1-2H3,(H2,17,19)/b14-12?,18-9+. The molecule has 8 heteroatoms. The van der Waals surface area contributed by atoms with E-state index in [-0.39, 0.29) is 24.6 Å². The zero-order valence-electron chi connectivity index (χ0n) is 12.8. The van der Waals surface area contributed by atoms with E-state index in [1.165, 1.54) is 6.21 Å². The highest BCUT2D eigenvalue weighted by atomic mass is 79.9. The highest BCUT2D eigenvalue weighted by Gasteiger charge is 2.22. The highest BCUT2D eigenvalue weighted by Crippen LogP contribution is 2.10. The summed E-state index contributed by atoms with van der Waals surface area (Å²) in [6, 6.07) is 7.36. The molecule has 3 N–H and O–H groups in total. The third kappa shape index (κ3) is 6.11. The van der Waals surface area contributed by atoms with E-state index in [1.54, 1.807) is 13.8 Å². The van der Waals surface area contributed by atoms with Crippen molar-refractivity contribution in [1.82, 2.24) is 0 Å². The average Bonchev–Trinajstić information content (AvgIpc) is 2.48. The van der Waals surface area contributed by atoms with Gasteiger partial charge >= 0.3 is 5.97 Å². The van der Waals surface area contributed by atoms with Gasteiger partial charge in [-0.3, -0.25) is 0 Å². The van der Waals surface area contributed by atoms with Crippen molar-refractivity contribution in [3.05, 3.63) is 45.8 Å². The van der Waals surface area contributed by atoms with Crippen LogP contribution in [0, 0.1) is 0 Å². The molecule has 0 saturated carbocycles. The van der Waals surface area contributed by atoms with Crippen LogP contribution >= 0.6 is 15.9 Å². The van der Waals surface area contributed by atoms with Gasteiger partial charge in [0, 0.05) is 4.47 Å². The molecule has 0 bridgehead atoms. The summed E-state index contributed by atoms with van der Waals surface area (Å²) in [4.78, 5) is 11.8. The Balaban J connectivity index is 3.02. The summed E-state index contributed by atoms with van der Waals surface area (Å²) >= 11 is 3.34. The Morgan fingerprint density at radius 2 is 2.04 bits per heavy atom. The molecule has 0 fully saturated rings. The van der Waals surface area contributed by atoms with Crippen LogP contribution < -0.4 is 5.73 Å². The monoisotopic (exact) mass is 383 g/mol. The summed E-state index contributed by atoms with van der Waals surface area (Å²) in [5.74, 6) is -1.79. The Morgan fingerprint density at radius 3 is 2.65 bits per heavy atom. The molecule has 0 aliphatic rings. The van der Waals surface area contributed by atoms with Gasteiger partial charge in [-0.2, -0.15) is 5.10 Å². The zero-order chi connectivity index (χ0) is 17.2. The first-order valence-electron chi connectivity index (χ1n) is 6.85. The smallest absolute Gasteiger partial charge is 0.349 e. The molecule has 0 saturated heterocycles. The number of ether oxygens (including phenoxy) is 2. The number of carbonyl (C=O) groups excluding carboxylic acids is 1. The summed E-state index contributed by atoms with van der Waals surface area (Å²) in [5.41, 5.74) is 6.13. The third-order valence-corrected chi connectivity index (χ3v) is 2.94. The van der Waals surface area contributed by atoms with Gasteiger partial charge in [-0.1, -0.05) is 28.1 Å². The molecule has 0 heterocycles. The molecule has 0 unspecified atom stereocenters. The Labute approximate surface area is 142 Å². The molecule has 0 amide bonds. The number of nitrogens with two attached hydrogens (primary N) is 1. The molecule has 7 nitrogen and oxygen atoms in total. The maximum absolute atomic E-state index is 11.8. The van der Waals surface area contributed by atoms with Crippen molar-refractivity contribution < 1.29 is 19.4 Å². The van der Waals surface area contributed by atoms with Crippen molar-refractivity contribution in [3.8, 4) is 0 Å². The lowest BCUT2D eigenvalue weighted by Gasteiger charge is -2.08. The molecule has 1 aromatic carbocycles. The molecule has 1 aromatic rings. The second kappa shape index (κ2) is 9.62. The molecule has 0 aliphatic heterocycles. The van der Waals surface area contributed by atoms with E-state index in [9.17, 15) is 9.90 Å². The number of halogens is 1. The highest BCUT2D eigenvalue weighted by molar-refractivity contribution is 9.10. The van der Waals surface area contributed by atoms with Gasteiger partial charge in [-0.05, 0) is 31.5 Å². The van der Waals surface area contributed by atoms with Crippen molar-refractivity contribution in [3.63, 3.8) is 0 Å². The number of hydrogen-bond donors (Lipinski definition) is 2. The Morgan fingerprint density at radius 1 is 1.35 bits per heavy atom. The predicted molar refractivity (Wildman–Crippen MR) is 91.3 cm³/mol. The first-order valence-corrected chi connectivity index (χ1v) is 7.64. The molecule has 0 aromatic heterocycles. The number of carbonyl (C=O) groups is 1. The fourth-order valence-electron chi connectivity index (χ4n) is 1.51. The van der Waals surface area contributed by atoms with Crippen molar-refractivity contribution in [2.45, 2.75) is 13.8 Å². The second-order valence-electron chi connectivity index (χ2n) is 4.12. The van der Waals surface area contributed by atoms with Gasteiger partial charge in [0.2, 0.25) is 0 Å². The Hall–Kier alpha value is -2.35. The zero-order valence-corrected chi connectivity index (χ0v) is 14.4. The summed E-state index contributed by atoms with van der Waals surface area (Å²) in [6.45, 7) is 3.56. The van der Waals surface area contributed by atoms with Crippen molar-refractivity contribution >= 4 is 33.9 Å². The van der Waals surface area contributed by atoms with Crippen LogP contribution in [0.1, 0.15) is 19.4 Å². The predicted octanol–water partition coefficient (Wildman–Crippen LogP) is 2.51. The topological polar surface area (TPSA) is 107 Å². The average molecular weight is 384 g/mol. The number of hydrogen-bond acceptors (Lipinski definition) is 6. The fourth-order valence-corrected chi connectivity index (χ4v) is 1.93. The van der Waals surface area contributed by atoms with E-state index in [1.807, 2.05) is 24.3 Å². The molecule has 124 valence electrons. The minimum Gasteiger partial charge on any atom is -0.480 e. The fraction of sp³-hybridized carbons (Fsp3) is 0.267. The van der Waals surface area contributed by atoms with Crippen molar-refractivity contribution in [2.75, 3.05) is 13.2 Å². The molecule has 0 radical (unpaired) electrons. The molecule has 0 atom stereocenters. The number of nitrogens with zero attached hydrogens (tertiary/aromatic N) is 2. The van der Waals surface area contributed by atoms with E-state index in [0.717, 1.165) is 10.0 Å². The van der Waals surface area contributed by atoms with Gasteiger partial charge < -0.3 is 20.3 Å². The lowest BCUT2D eigenvalue weighted by Crippen LogP contribution is -2.25. The van der Waals surface area contributed by atoms with Crippen molar-refractivity contribution in [1.29, 1.82) is 0 Å². The van der Waals surface area contributed by atoms with Gasteiger partial charge in [0.15, 0.2) is 11.4 Å². The summed E-state index contributed by atoms with van der Waals surface area (Å²) in [5, 5.41) is 17.3. The Kier molecular flexibility index (Phi) is 7.82. The van der Waals surface area contributed by atoms with Crippen LogP contribution in [0.25, 0.3) is 0 Å². The van der Waals surface area contributed by atoms with E-state index in [0.29, 0.717) is 0 Å². The Bertz CT molecular complexity index is 641. The normalized spacial score (nSPS) is 12.9. The van der Waals surface area contributed by atoms with Gasteiger partial charge in [-0.25, -0.2) is 4.79 Å². The molecular formula is C15H18BrN3O4. The van der Waals surface area contributed by atoms with Crippen LogP contribution in [0.2, 0.25) is 0 Å². The maximum Gasteiger partial charge on any atom is 0.349 e. The van der Waals surface area contributed by atoms with Gasteiger partial charge in [0.25, 0.3) is 5.95 Å². The number of rotatable bonds is 7. The van der Waals surface area contributed by atoms with Crippen LogP contribution in [0.3, 0.4) is 0 Å². The van der Waals surface area contributed by atoms with E-state index >= 15 is 0 Å². The van der Waals surface area contributed by atoms with Crippen LogP contribution in [-0.2, 0) is 14.3 Å². The minimum absolute atomic E-state index is 0.121. The second-order valence-corrected chi connectivity index (χ2v) is 5.03. The number of benzene rings is 1. The number of aliphatic hydroxyl groups excluding tert-OH is 1.